The van der Waals surface area contributed by atoms with Crippen LogP contribution in [0.15, 0.2) is 18.2 Å². The molecule has 1 atom stereocenters. The zero-order valence-corrected chi connectivity index (χ0v) is 18.2. The van der Waals surface area contributed by atoms with Crippen LogP contribution in [0.25, 0.3) is 0 Å². The van der Waals surface area contributed by atoms with Crippen molar-refractivity contribution in [2.75, 3.05) is 26.4 Å². The molecule has 184 valence electrons. The van der Waals surface area contributed by atoms with E-state index >= 15 is 0 Å². The standard InChI is InChI=1S/C13H18O16S3/c14-13(15)11-6-9(2-3-12(11)25-4-1-5-27-30(16,17)18)26-7-10(29-32(22,23)24)8-28-31(19,20)21/h2-3,6,10H,1,4-5,7-8H2,(H,14,15)(H,16,17,18)(H,19,20,21)(H,22,23,24). The molecule has 0 amide bonds. The monoisotopic (exact) mass is 526 g/mol. The van der Waals surface area contributed by atoms with Crippen LogP contribution in [0.4, 0.5) is 0 Å². The van der Waals surface area contributed by atoms with Crippen molar-refractivity contribution >= 4 is 37.2 Å². The molecule has 1 unspecified atom stereocenters. The second-order valence-electron chi connectivity index (χ2n) is 5.58. The minimum absolute atomic E-state index is 0.0283. The van der Waals surface area contributed by atoms with Crippen molar-refractivity contribution in [1.29, 1.82) is 0 Å². The molecule has 0 aliphatic carbocycles. The number of carboxylic acids is 1. The lowest BCUT2D eigenvalue weighted by molar-refractivity contribution is 0.0686. The lowest BCUT2D eigenvalue weighted by atomic mass is 10.2. The van der Waals surface area contributed by atoms with Gasteiger partial charge in [0.25, 0.3) is 0 Å². The average Bonchev–Trinajstić information content (AvgIpc) is 2.61. The maximum Gasteiger partial charge on any atom is 0.397 e. The third-order valence-corrected chi connectivity index (χ3v) is 4.47. The van der Waals surface area contributed by atoms with E-state index in [0.717, 1.165) is 12.1 Å². The van der Waals surface area contributed by atoms with Gasteiger partial charge in [0.15, 0.2) is 0 Å². The Morgan fingerprint density at radius 3 is 2.00 bits per heavy atom. The number of rotatable bonds is 15. The lowest BCUT2D eigenvalue weighted by Crippen LogP contribution is -2.30. The van der Waals surface area contributed by atoms with Crippen LogP contribution in [-0.2, 0) is 43.7 Å². The van der Waals surface area contributed by atoms with Gasteiger partial charge in [-0.2, -0.15) is 25.3 Å². The van der Waals surface area contributed by atoms with Gasteiger partial charge in [-0.05, 0) is 18.2 Å². The quantitative estimate of drug-likeness (QED) is 0.164. The molecule has 0 fully saturated rings. The van der Waals surface area contributed by atoms with E-state index in [9.17, 15) is 35.2 Å². The Labute approximate surface area is 182 Å². The Morgan fingerprint density at radius 1 is 0.844 bits per heavy atom. The van der Waals surface area contributed by atoms with Crippen LogP contribution < -0.4 is 9.47 Å². The highest BCUT2D eigenvalue weighted by Crippen LogP contribution is 2.25. The number of aromatic carboxylic acids is 1. The molecule has 0 saturated carbocycles. The summed E-state index contributed by atoms with van der Waals surface area (Å²) in [7, 11) is -14.6. The van der Waals surface area contributed by atoms with Crippen molar-refractivity contribution in [1.82, 2.24) is 0 Å². The molecule has 0 radical (unpaired) electrons. The molecule has 0 saturated heterocycles. The van der Waals surface area contributed by atoms with Crippen molar-refractivity contribution in [2.45, 2.75) is 12.5 Å². The summed E-state index contributed by atoms with van der Waals surface area (Å²) in [5, 5.41) is 9.28. The first-order valence-electron chi connectivity index (χ1n) is 8.08. The SMILES string of the molecule is O=C(O)c1cc(OCC(COS(=O)(=O)O)OS(=O)(=O)O)ccc1OCCCOS(=O)(=O)O. The fourth-order valence-electron chi connectivity index (χ4n) is 1.92. The Balaban J connectivity index is 2.80. The van der Waals surface area contributed by atoms with Gasteiger partial charge in [-0.1, -0.05) is 0 Å². The molecular formula is C13H18O16S3. The van der Waals surface area contributed by atoms with E-state index in [-0.39, 0.29) is 24.5 Å². The first kappa shape index (κ1) is 27.9. The van der Waals surface area contributed by atoms with Crippen LogP contribution in [0.5, 0.6) is 11.5 Å². The molecule has 19 heteroatoms. The first-order chi connectivity index (χ1) is 14.6. The summed E-state index contributed by atoms with van der Waals surface area (Å²) in [6.07, 6.45) is -1.78. The van der Waals surface area contributed by atoms with Crippen molar-refractivity contribution in [2.24, 2.45) is 0 Å². The fourth-order valence-corrected chi connectivity index (χ4v) is 3.03. The topological polar surface area (TPSA) is 247 Å². The van der Waals surface area contributed by atoms with Crippen LogP contribution in [0.3, 0.4) is 0 Å². The third kappa shape index (κ3) is 12.7. The predicted molar refractivity (Wildman–Crippen MR) is 100 cm³/mol. The maximum absolute atomic E-state index is 11.4. The molecule has 1 aromatic carbocycles. The number of carbonyl (C=O) groups is 1. The van der Waals surface area contributed by atoms with Gasteiger partial charge in [0.2, 0.25) is 0 Å². The zero-order valence-electron chi connectivity index (χ0n) is 15.8. The Morgan fingerprint density at radius 2 is 1.47 bits per heavy atom. The molecule has 1 rings (SSSR count). The van der Waals surface area contributed by atoms with E-state index in [1.54, 1.807) is 0 Å². The predicted octanol–water partition coefficient (Wildman–Crippen LogP) is -0.641. The second-order valence-corrected chi connectivity index (χ2v) is 8.81. The molecular weight excluding hydrogens is 508 g/mol. The van der Waals surface area contributed by atoms with E-state index < -0.39 is 68.7 Å². The molecule has 0 aliphatic heterocycles. The highest BCUT2D eigenvalue weighted by molar-refractivity contribution is 7.81. The van der Waals surface area contributed by atoms with Gasteiger partial charge in [0.05, 0.1) is 19.8 Å². The van der Waals surface area contributed by atoms with E-state index in [1.165, 1.54) is 6.07 Å². The molecule has 0 bridgehead atoms. The van der Waals surface area contributed by atoms with Crippen molar-refractivity contribution in [3.63, 3.8) is 0 Å². The molecule has 0 spiro atoms. The molecule has 4 N–H and O–H groups in total. The van der Waals surface area contributed by atoms with Crippen LogP contribution in [0, 0.1) is 0 Å². The van der Waals surface area contributed by atoms with Crippen LogP contribution in [-0.4, -0.2) is 82.5 Å². The zero-order chi connectivity index (χ0) is 24.6. The number of hydrogen-bond donors (Lipinski definition) is 4. The average molecular weight is 526 g/mol. The van der Waals surface area contributed by atoms with Gasteiger partial charge < -0.3 is 14.6 Å². The number of hydrogen-bond acceptors (Lipinski definition) is 12. The van der Waals surface area contributed by atoms with Gasteiger partial charge in [-0.15, -0.1) is 0 Å². The van der Waals surface area contributed by atoms with Crippen LogP contribution in [0.1, 0.15) is 16.8 Å². The number of carboxylic acid groups (broad SMARTS) is 1. The van der Waals surface area contributed by atoms with Crippen molar-refractivity contribution in [3.8, 4) is 11.5 Å². The largest absolute Gasteiger partial charge is 0.493 e. The summed E-state index contributed by atoms with van der Waals surface area (Å²) in [4.78, 5) is 11.4. The lowest BCUT2D eigenvalue weighted by Gasteiger charge is -2.16. The maximum atomic E-state index is 11.4. The Hall–Kier alpha value is -2.10. The second kappa shape index (κ2) is 11.7. The molecule has 0 aromatic heterocycles. The fraction of sp³-hybridized carbons (Fsp3) is 0.462. The summed E-state index contributed by atoms with van der Waals surface area (Å²) in [5.74, 6) is -1.78. The smallest absolute Gasteiger partial charge is 0.397 e. The number of benzene rings is 1. The van der Waals surface area contributed by atoms with Gasteiger partial charge in [-0.3, -0.25) is 13.7 Å². The van der Waals surface area contributed by atoms with Gasteiger partial charge in [0.1, 0.15) is 29.8 Å². The summed E-state index contributed by atoms with van der Waals surface area (Å²) in [6, 6.07) is 3.29. The summed E-state index contributed by atoms with van der Waals surface area (Å²) in [6.45, 7) is -2.45. The van der Waals surface area contributed by atoms with Crippen molar-refractivity contribution in [3.05, 3.63) is 23.8 Å². The number of ether oxygens (including phenoxy) is 2. The first-order valence-corrected chi connectivity index (χ1v) is 12.2. The highest BCUT2D eigenvalue weighted by atomic mass is 32.3. The summed E-state index contributed by atoms with van der Waals surface area (Å²) >= 11 is 0. The Kier molecular flexibility index (Phi) is 10.2. The summed E-state index contributed by atoms with van der Waals surface area (Å²) < 4.78 is 112. The van der Waals surface area contributed by atoms with E-state index in [4.69, 9.17) is 23.1 Å². The minimum atomic E-state index is -5.06. The Bertz CT molecular complexity index is 1090. The van der Waals surface area contributed by atoms with Gasteiger partial charge in [-0.25, -0.2) is 17.3 Å². The van der Waals surface area contributed by atoms with Crippen LogP contribution in [0.2, 0.25) is 0 Å². The third-order valence-electron chi connectivity index (χ3n) is 3.06. The molecule has 1 aromatic rings. The van der Waals surface area contributed by atoms with Gasteiger partial charge in [0, 0.05) is 6.42 Å². The molecule has 32 heavy (non-hydrogen) atoms. The van der Waals surface area contributed by atoms with E-state index in [0.29, 0.717) is 0 Å². The van der Waals surface area contributed by atoms with E-state index in [1.807, 2.05) is 0 Å². The van der Waals surface area contributed by atoms with E-state index in [2.05, 4.69) is 12.5 Å². The van der Waals surface area contributed by atoms with Crippen molar-refractivity contribution < 1.29 is 70.8 Å². The molecule has 0 aliphatic rings. The normalized spacial score (nSPS) is 13.5. The van der Waals surface area contributed by atoms with Gasteiger partial charge >= 0.3 is 37.2 Å². The van der Waals surface area contributed by atoms with Crippen LogP contribution >= 0.6 is 0 Å². The minimum Gasteiger partial charge on any atom is -0.493 e. The molecule has 0 heterocycles. The summed E-state index contributed by atoms with van der Waals surface area (Å²) in [5.41, 5.74) is -0.417. The highest BCUT2D eigenvalue weighted by Gasteiger charge is 2.22. The molecule has 16 nitrogen and oxygen atoms in total.